The Morgan fingerprint density at radius 2 is 2.00 bits per heavy atom. The summed E-state index contributed by atoms with van der Waals surface area (Å²) < 4.78 is 23.0. The fourth-order valence-electron chi connectivity index (χ4n) is 2.28. The summed E-state index contributed by atoms with van der Waals surface area (Å²) >= 11 is 1.22. The molecule has 0 aliphatic rings. The van der Waals surface area contributed by atoms with Crippen LogP contribution in [0.2, 0.25) is 0 Å². The van der Waals surface area contributed by atoms with Gasteiger partial charge in [-0.2, -0.15) is 0 Å². The molecular formula is C18H16FN3O4S. The highest BCUT2D eigenvalue weighted by molar-refractivity contribution is 7.13. The molecule has 0 unspecified atom stereocenters. The number of nitrogens with zero attached hydrogens (tertiary/aromatic N) is 2. The third-order valence-electron chi connectivity index (χ3n) is 3.46. The number of carbonyl (C=O) groups is 2. The van der Waals surface area contributed by atoms with Gasteiger partial charge >= 0.3 is 5.97 Å². The average Bonchev–Trinajstić information content (AvgIpc) is 3.25. The zero-order valence-corrected chi connectivity index (χ0v) is 15.2. The average molecular weight is 389 g/mol. The van der Waals surface area contributed by atoms with E-state index in [-0.39, 0.29) is 30.5 Å². The van der Waals surface area contributed by atoms with Crippen LogP contribution >= 0.6 is 11.3 Å². The molecule has 0 spiro atoms. The number of aromatic nitrogens is 2. The van der Waals surface area contributed by atoms with Crippen molar-refractivity contribution in [2.45, 2.75) is 19.8 Å². The molecule has 140 valence electrons. The maximum Gasteiger partial charge on any atom is 0.311 e. The largest absolute Gasteiger partial charge is 0.466 e. The number of benzene rings is 1. The van der Waals surface area contributed by atoms with E-state index in [2.05, 4.69) is 15.5 Å². The number of rotatable bonds is 7. The molecule has 2 heterocycles. The zero-order valence-electron chi connectivity index (χ0n) is 14.4. The van der Waals surface area contributed by atoms with E-state index in [1.165, 1.54) is 23.5 Å². The highest BCUT2D eigenvalue weighted by atomic mass is 32.1. The number of nitrogens with one attached hydrogen (secondary N) is 1. The maximum absolute atomic E-state index is 13.0. The molecule has 27 heavy (non-hydrogen) atoms. The molecule has 0 saturated heterocycles. The highest BCUT2D eigenvalue weighted by Gasteiger charge is 2.13. The molecule has 1 N–H and O–H groups in total. The number of hydrogen-bond donors (Lipinski definition) is 1. The molecule has 0 fully saturated rings. The van der Waals surface area contributed by atoms with E-state index in [4.69, 9.17) is 9.26 Å². The molecule has 2 aromatic heterocycles. The summed E-state index contributed by atoms with van der Waals surface area (Å²) in [6.45, 7) is 2.04. The second-order valence-corrected chi connectivity index (χ2v) is 6.40. The normalized spacial score (nSPS) is 10.6. The molecule has 1 aromatic carbocycles. The van der Waals surface area contributed by atoms with Crippen molar-refractivity contribution < 1.29 is 23.2 Å². The SMILES string of the molecule is CCOC(=O)Cc1csc(NC(=O)Cc2cc(-c3ccc(F)cc3)on2)n1. The zero-order chi connectivity index (χ0) is 19.2. The second-order valence-electron chi connectivity index (χ2n) is 5.54. The van der Waals surface area contributed by atoms with Crippen LogP contribution < -0.4 is 5.32 Å². The van der Waals surface area contributed by atoms with Crippen LogP contribution in [0.25, 0.3) is 11.3 Å². The second kappa shape index (κ2) is 8.54. The Labute approximate surface area is 158 Å². The summed E-state index contributed by atoms with van der Waals surface area (Å²) in [5.41, 5.74) is 1.64. The van der Waals surface area contributed by atoms with E-state index in [9.17, 15) is 14.0 Å². The molecule has 0 saturated carbocycles. The predicted molar refractivity (Wildman–Crippen MR) is 96.7 cm³/mol. The van der Waals surface area contributed by atoms with Crippen molar-refractivity contribution in [2.75, 3.05) is 11.9 Å². The highest BCUT2D eigenvalue weighted by Crippen LogP contribution is 2.21. The number of halogens is 1. The van der Waals surface area contributed by atoms with Crippen molar-refractivity contribution in [3.05, 3.63) is 52.9 Å². The van der Waals surface area contributed by atoms with Gasteiger partial charge in [-0.1, -0.05) is 5.16 Å². The van der Waals surface area contributed by atoms with E-state index >= 15 is 0 Å². The summed E-state index contributed by atoms with van der Waals surface area (Å²) in [5.74, 6) is -0.574. The Hall–Kier alpha value is -3.07. The minimum Gasteiger partial charge on any atom is -0.466 e. The molecular weight excluding hydrogens is 373 g/mol. The number of thiazole rings is 1. The minimum atomic E-state index is -0.364. The summed E-state index contributed by atoms with van der Waals surface area (Å²) in [6.07, 6.45) is 0.0576. The fraction of sp³-hybridized carbons (Fsp3) is 0.222. The molecule has 0 radical (unpaired) electrons. The van der Waals surface area contributed by atoms with E-state index in [0.717, 1.165) is 0 Å². The summed E-state index contributed by atoms with van der Waals surface area (Å²) in [4.78, 5) is 27.8. The van der Waals surface area contributed by atoms with Gasteiger partial charge in [-0.15, -0.1) is 11.3 Å². The van der Waals surface area contributed by atoms with Gasteiger partial charge in [-0.3, -0.25) is 9.59 Å². The van der Waals surface area contributed by atoms with Crippen molar-refractivity contribution in [2.24, 2.45) is 0 Å². The lowest BCUT2D eigenvalue weighted by atomic mass is 10.1. The first kappa shape index (κ1) is 18.7. The lowest BCUT2D eigenvalue weighted by molar-refractivity contribution is -0.142. The Morgan fingerprint density at radius 1 is 1.22 bits per heavy atom. The van der Waals surface area contributed by atoms with Crippen LogP contribution in [0.15, 0.2) is 40.2 Å². The summed E-state index contributed by atoms with van der Waals surface area (Å²) in [5, 5.41) is 8.59. The standard InChI is InChI=1S/C18H16FN3O4S/c1-2-25-17(24)9-14-10-27-18(20-14)21-16(23)8-13-7-15(26-22-13)11-3-5-12(19)6-4-11/h3-7,10H,2,8-9H2,1H3,(H,20,21,23). The van der Waals surface area contributed by atoms with Crippen molar-refractivity contribution >= 4 is 28.3 Å². The van der Waals surface area contributed by atoms with Gasteiger partial charge in [0.2, 0.25) is 5.91 Å². The minimum absolute atomic E-state index is 0.00250. The molecule has 0 bridgehead atoms. The van der Waals surface area contributed by atoms with Gasteiger partial charge in [0.15, 0.2) is 10.9 Å². The molecule has 3 rings (SSSR count). The molecule has 7 nitrogen and oxygen atoms in total. The van der Waals surface area contributed by atoms with Crippen LogP contribution in [-0.2, 0) is 27.2 Å². The fourth-order valence-corrected chi connectivity index (χ4v) is 3.01. The van der Waals surface area contributed by atoms with E-state index in [0.29, 0.717) is 34.4 Å². The van der Waals surface area contributed by atoms with Gasteiger partial charge in [0.1, 0.15) is 5.82 Å². The van der Waals surface area contributed by atoms with Gasteiger partial charge < -0.3 is 14.6 Å². The van der Waals surface area contributed by atoms with Crippen molar-refractivity contribution in [1.82, 2.24) is 10.1 Å². The summed E-state index contributed by atoms with van der Waals surface area (Å²) in [6, 6.07) is 7.41. The van der Waals surface area contributed by atoms with Crippen LogP contribution in [0.1, 0.15) is 18.3 Å². The third-order valence-corrected chi connectivity index (χ3v) is 4.26. The Balaban J connectivity index is 1.56. The van der Waals surface area contributed by atoms with Gasteiger partial charge in [-0.05, 0) is 31.2 Å². The van der Waals surface area contributed by atoms with Crippen molar-refractivity contribution in [1.29, 1.82) is 0 Å². The molecule has 3 aromatic rings. The Morgan fingerprint density at radius 3 is 2.74 bits per heavy atom. The first-order valence-electron chi connectivity index (χ1n) is 8.15. The van der Waals surface area contributed by atoms with Gasteiger partial charge in [0.25, 0.3) is 0 Å². The lowest BCUT2D eigenvalue weighted by Crippen LogP contribution is -2.14. The topological polar surface area (TPSA) is 94.3 Å². The molecule has 0 atom stereocenters. The maximum atomic E-state index is 13.0. The van der Waals surface area contributed by atoms with Gasteiger partial charge in [0, 0.05) is 17.0 Å². The van der Waals surface area contributed by atoms with E-state index < -0.39 is 0 Å². The molecule has 0 aliphatic heterocycles. The van der Waals surface area contributed by atoms with Crippen LogP contribution in [0.3, 0.4) is 0 Å². The number of carbonyl (C=O) groups excluding carboxylic acids is 2. The van der Waals surface area contributed by atoms with Crippen LogP contribution in [0.5, 0.6) is 0 Å². The number of anilines is 1. The van der Waals surface area contributed by atoms with Crippen LogP contribution in [0.4, 0.5) is 9.52 Å². The molecule has 9 heteroatoms. The number of ether oxygens (including phenoxy) is 1. The lowest BCUT2D eigenvalue weighted by Gasteiger charge is -1.99. The number of hydrogen-bond acceptors (Lipinski definition) is 7. The van der Waals surface area contributed by atoms with Crippen LogP contribution in [-0.4, -0.2) is 28.6 Å². The molecule has 1 amide bonds. The monoisotopic (exact) mass is 389 g/mol. The van der Waals surface area contributed by atoms with Crippen LogP contribution in [0, 0.1) is 5.82 Å². The van der Waals surface area contributed by atoms with Crippen molar-refractivity contribution in [3.63, 3.8) is 0 Å². The molecule has 0 aliphatic carbocycles. The van der Waals surface area contributed by atoms with Crippen molar-refractivity contribution in [3.8, 4) is 11.3 Å². The summed E-state index contributed by atoms with van der Waals surface area (Å²) in [7, 11) is 0. The first-order valence-corrected chi connectivity index (χ1v) is 9.03. The number of amides is 1. The van der Waals surface area contributed by atoms with E-state index in [1.54, 1.807) is 30.5 Å². The van der Waals surface area contributed by atoms with Gasteiger partial charge in [0.05, 0.1) is 30.8 Å². The Bertz CT molecular complexity index is 936. The Kier molecular flexibility index (Phi) is 5.92. The number of esters is 1. The van der Waals surface area contributed by atoms with Gasteiger partial charge in [-0.25, -0.2) is 9.37 Å². The van der Waals surface area contributed by atoms with E-state index in [1.807, 2.05) is 0 Å². The first-order chi connectivity index (χ1) is 13.0. The quantitative estimate of drug-likeness (QED) is 0.624. The smallest absolute Gasteiger partial charge is 0.311 e. The third kappa shape index (κ3) is 5.20. The predicted octanol–water partition coefficient (Wildman–Crippen LogP) is 3.22.